The summed E-state index contributed by atoms with van der Waals surface area (Å²) in [4.78, 5) is 13.2. The van der Waals surface area contributed by atoms with E-state index in [4.69, 9.17) is 0 Å². The molecular formula is C14H26N2O. The van der Waals surface area contributed by atoms with Crippen LogP contribution in [0.25, 0.3) is 0 Å². The minimum Gasteiger partial charge on any atom is -0.349 e. The van der Waals surface area contributed by atoms with E-state index in [1.165, 1.54) is 44.9 Å². The lowest BCUT2D eigenvalue weighted by atomic mass is 9.57. The first kappa shape index (κ1) is 12.9. The summed E-state index contributed by atoms with van der Waals surface area (Å²) >= 11 is 0. The third kappa shape index (κ3) is 2.82. The van der Waals surface area contributed by atoms with Gasteiger partial charge in [-0.3, -0.25) is 4.79 Å². The van der Waals surface area contributed by atoms with Crippen molar-refractivity contribution in [3.05, 3.63) is 0 Å². The molecule has 17 heavy (non-hydrogen) atoms. The smallest absolute Gasteiger partial charge is 0.223 e. The first-order valence-electron chi connectivity index (χ1n) is 7.08. The monoisotopic (exact) mass is 238 g/mol. The SMILES string of the molecule is CN(C)C(=O)CCNC1CCC12CCCCC2. The Morgan fingerprint density at radius 3 is 2.47 bits per heavy atom. The van der Waals surface area contributed by atoms with E-state index in [9.17, 15) is 4.79 Å². The van der Waals surface area contributed by atoms with Crippen molar-refractivity contribution in [1.82, 2.24) is 10.2 Å². The summed E-state index contributed by atoms with van der Waals surface area (Å²) < 4.78 is 0. The highest BCUT2D eigenvalue weighted by molar-refractivity contribution is 5.75. The fourth-order valence-corrected chi connectivity index (χ4v) is 3.45. The Kier molecular flexibility index (Phi) is 4.08. The van der Waals surface area contributed by atoms with E-state index < -0.39 is 0 Å². The molecule has 0 aliphatic heterocycles. The normalized spacial score (nSPS) is 26.6. The summed E-state index contributed by atoms with van der Waals surface area (Å²) in [5.74, 6) is 0.231. The van der Waals surface area contributed by atoms with Gasteiger partial charge in [-0.2, -0.15) is 0 Å². The van der Waals surface area contributed by atoms with Crippen molar-refractivity contribution in [1.29, 1.82) is 0 Å². The number of carbonyl (C=O) groups excluding carboxylic acids is 1. The maximum absolute atomic E-state index is 11.5. The van der Waals surface area contributed by atoms with Gasteiger partial charge in [0.15, 0.2) is 0 Å². The summed E-state index contributed by atoms with van der Waals surface area (Å²) in [6.45, 7) is 0.851. The molecule has 0 saturated heterocycles. The number of hydrogen-bond donors (Lipinski definition) is 1. The maximum Gasteiger partial charge on any atom is 0.223 e. The van der Waals surface area contributed by atoms with E-state index in [0.717, 1.165) is 6.54 Å². The summed E-state index contributed by atoms with van der Waals surface area (Å²) in [5.41, 5.74) is 0.611. The minimum absolute atomic E-state index is 0.231. The van der Waals surface area contributed by atoms with Gasteiger partial charge < -0.3 is 10.2 Å². The Morgan fingerprint density at radius 2 is 1.94 bits per heavy atom. The van der Waals surface area contributed by atoms with E-state index in [1.54, 1.807) is 4.90 Å². The first-order valence-corrected chi connectivity index (χ1v) is 7.08. The van der Waals surface area contributed by atoms with E-state index >= 15 is 0 Å². The molecule has 0 heterocycles. The summed E-state index contributed by atoms with van der Waals surface area (Å²) in [7, 11) is 3.66. The van der Waals surface area contributed by atoms with Crippen LogP contribution in [0, 0.1) is 5.41 Å². The molecule has 1 spiro atoms. The molecule has 1 amide bonds. The van der Waals surface area contributed by atoms with Gasteiger partial charge >= 0.3 is 0 Å². The first-order chi connectivity index (χ1) is 8.14. The van der Waals surface area contributed by atoms with Crippen molar-refractivity contribution in [2.45, 2.75) is 57.4 Å². The van der Waals surface area contributed by atoms with Crippen LogP contribution in [-0.4, -0.2) is 37.5 Å². The van der Waals surface area contributed by atoms with Gasteiger partial charge in [0, 0.05) is 33.1 Å². The molecule has 1 atom stereocenters. The Morgan fingerprint density at radius 1 is 1.24 bits per heavy atom. The molecule has 0 radical (unpaired) electrons. The highest BCUT2D eigenvalue weighted by Crippen LogP contribution is 2.51. The molecule has 3 heteroatoms. The van der Waals surface area contributed by atoms with Crippen molar-refractivity contribution < 1.29 is 4.79 Å². The minimum atomic E-state index is 0.231. The quantitative estimate of drug-likeness (QED) is 0.814. The molecule has 0 aromatic carbocycles. The maximum atomic E-state index is 11.5. The third-order valence-electron chi connectivity index (χ3n) is 4.75. The zero-order valence-electron chi connectivity index (χ0n) is 11.3. The Bertz CT molecular complexity index is 269. The molecule has 2 aliphatic carbocycles. The number of hydrogen-bond acceptors (Lipinski definition) is 2. The van der Waals surface area contributed by atoms with Crippen LogP contribution in [0.5, 0.6) is 0 Å². The molecule has 2 saturated carbocycles. The lowest BCUT2D eigenvalue weighted by Crippen LogP contribution is -2.54. The topological polar surface area (TPSA) is 32.3 Å². The second-order valence-corrected chi connectivity index (χ2v) is 6.01. The summed E-state index contributed by atoms with van der Waals surface area (Å²) in [5, 5.41) is 3.62. The van der Waals surface area contributed by atoms with Crippen molar-refractivity contribution in [3.8, 4) is 0 Å². The van der Waals surface area contributed by atoms with Crippen LogP contribution in [0.3, 0.4) is 0 Å². The highest BCUT2D eigenvalue weighted by Gasteiger charge is 2.46. The number of carbonyl (C=O) groups is 1. The lowest BCUT2D eigenvalue weighted by Gasteiger charge is -2.52. The molecule has 3 nitrogen and oxygen atoms in total. The molecule has 2 aliphatic rings. The van der Waals surface area contributed by atoms with Gasteiger partial charge in [0.1, 0.15) is 0 Å². The average Bonchev–Trinajstić information content (AvgIpc) is 2.33. The largest absolute Gasteiger partial charge is 0.349 e. The highest BCUT2D eigenvalue weighted by atomic mass is 16.2. The van der Waals surface area contributed by atoms with E-state index in [1.807, 2.05) is 14.1 Å². The third-order valence-corrected chi connectivity index (χ3v) is 4.75. The van der Waals surface area contributed by atoms with Gasteiger partial charge in [-0.1, -0.05) is 19.3 Å². The molecule has 0 bridgehead atoms. The molecule has 2 rings (SSSR count). The Hall–Kier alpha value is -0.570. The van der Waals surface area contributed by atoms with E-state index in [2.05, 4.69) is 5.32 Å². The van der Waals surface area contributed by atoms with Crippen molar-refractivity contribution in [2.75, 3.05) is 20.6 Å². The molecule has 0 aromatic rings. The van der Waals surface area contributed by atoms with E-state index in [-0.39, 0.29) is 5.91 Å². The number of amides is 1. The van der Waals surface area contributed by atoms with Crippen LogP contribution >= 0.6 is 0 Å². The lowest BCUT2D eigenvalue weighted by molar-refractivity contribution is -0.128. The van der Waals surface area contributed by atoms with Gasteiger partial charge in [0.05, 0.1) is 0 Å². The van der Waals surface area contributed by atoms with Crippen molar-refractivity contribution >= 4 is 5.91 Å². The van der Waals surface area contributed by atoms with Crippen LogP contribution in [0.2, 0.25) is 0 Å². The predicted octanol–water partition coefficient (Wildman–Crippen LogP) is 2.17. The van der Waals surface area contributed by atoms with Crippen LogP contribution in [-0.2, 0) is 4.79 Å². The van der Waals surface area contributed by atoms with Crippen molar-refractivity contribution in [2.24, 2.45) is 5.41 Å². The predicted molar refractivity (Wildman–Crippen MR) is 69.9 cm³/mol. The fraction of sp³-hybridized carbons (Fsp3) is 0.929. The van der Waals surface area contributed by atoms with E-state index in [0.29, 0.717) is 17.9 Å². The molecule has 2 fully saturated rings. The zero-order chi connectivity index (χ0) is 12.3. The van der Waals surface area contributed by atoms with Crippen LogP contribution in [0.15, 0.2) is 0 Å². The summed E-state index contributed by atoms with van der Waals surface area (Å²) in [6, 6.07) is 0.692. The zero-order valence-corrected chi connectivity index (χ0v) is 11.3. The average molecular weight is 238 g/mol. The van der Waals surface area contributed by atoms with Crippen molar-refractivity contribution in [3.63, 3.8) is 0 Å². The number of rotatable bonds is 4. The fourth-order valence-electron chi connectivity index (χ4n) is 3.45. The van der Waals surface area contributed by atoms with Crippen LogP contribution < -0.4 is 5.32 Å². The van der Waals surface area contributed by atoms with Crippen LogP contribution in [0.1, 0.15) is 51.4 Å². The summed E-state index contributed by atoms with van der Waals surface area (Å²) in [6.07, 6.45) is 10.4. The second-order valence-electron chi connectivity index (χ2n) is 6.01. The van der Waals surface area contributed by atoms with Gasteiger partial charge in [-0.25, -0.2) is 0 Å². The molecule has 98 valence electrons. The van der Waals surface area contributed by atoms with Crippen LogP contribution in [0.4, 0.5) is 0 Å². The Balaban J connectivity index is 1.71. The number of nitrogens with one attached hydrogen (secondary N) is 1. The Labute approximate surface area is 105 Å². The van der Waals surface area contributed by atoms with Gasteiger partial charge in [0.25, 0.3) is 0 Å². The molecular weight excluding hydrogens is 212 g/mol. The number of nitrogens with zero attached hydrogens (tertiary/aromatic N) is 1. The second kappa shape index (κ2) is 5.38. The van der Waals surface area contributed by atoms with Gasteiger partial charge in [-0.15, -0.1) is 0 Å². The van der Waals surface area contributed by atoms with Gasteiger partial charge in [0.2, 0.25) is 5.91 Å². The molecule has 1 unspecified atom stereocenters. The molecule has 0 aromatic heterocycles. The standard InChI is InChI=1S/C14H26N2O/c1-16(2)13(17)7-11-15-12-6-10-14(12)8-4-3-5-9-14/h12,15H,3-11H2,1-2H3. The van der Waals surface area contributed by atoms with Gasteiger partial charge in [-0.05, 0) is 31.1 Å². The molecule has 1 N–H and O–H groups in total.